The summed E-state index contributed by atoms with van der Waals surface area (Å²) in [6.45, 7) is 2.66. The van der Waals surface area contributed by atoms with Crippen LogP contribution in [0.1, 0.15) is 18.5 Å². The number of H-pyrrole nitrogens is 1. The zero-order valence-electron chi connectivity index (χ0n) is 11.1. The number of rotatable bonds is 7. The number of aromatic amines is 1. The molecule has 0 bridgehead atoms. The molecule has 6 heteroatoms. The summed E-state index contributed by atoms with van der Waals surface area (Å²) in [5.41, 5.74) is 1.17. The van der Waals surface area contributed by atoms with Crippen molar-refractivity contribution in [2.75, 3.05) is 19.4 Å². The Labute approximate surface area is 117 Å². The van der Waals surface area contributed by atoms with Crippen LogP contribution in [0, 0.1) is 0 Å². The molecule has 102 valence electrons. The molecule has 0 saturated heterocycles. The quantitative estimate of drug-likeness (QED) is 0.761. The van der Waals surface area contributed by atoms with Crippen molar-refractivity contribution in [3.8, 4) is 5.75 Å². The van der Waals surface area contributed by atoms with E-state index in [1.807, 2.05) is 32.2 Å². The normalized spacial score (nSPS) is 12.3. The van der Waals surface area contributed by atoms with E-state index in [0.717, 1.165) is 16.7 Å². The van der Waals surface area contributed by atoms with Gasteiger partial charge in [0.2, 0.25) is 0 Å². The molecule has 1 heterocycles. The lowest BCUT2D eigenvalue weighted by atomic mass is 10.1. The first-order valence-electron chi connectivity index (χ1n) is 6.22. The van der Waals surface area contributed by atoms with Crippen molar-refractivity contribution in [2.24, 2.45) is 0 Å². The van der Waals surface area contributed by atoms with Gasteiger partial charge in [0.15, 0.2) is 5.16 Å². The summed E-state index contributed by atoms with van der Waals surface area (Å²) in [6, 6.07) is 8.32. The Bertz CT molecular complexity index is 489. The van der Waals surface area contributed by atoms with Crippen molar-refractivity contribution >= 4 is 11.8 Å². The molecule has 1 aromatic carbocycles. The zero-order valence-corrected chi connectivity index (χ0v) is 11.9. The number of thioether (sulfide) groups is 1. The van der Waals surface area contributed by atoms with E-state index < -0.39 is 0 Å². The maximum Gasteiger partial charge on any atom is 0.183 e. The van der Waals surface area contributed by atoms with E-state index in [4.69, 9.17) is 4.74 Å². The number of nitrogens with zero attached hydrogens (tertiary/aromatic N) is 2. The van der Waals surface area contributed by atoms with Gasteiger partial charge in [-0.25, -0.2) is 4.98 Å². The molecule has 0 aliphatic heterocycles. The van der Waals surface area contributed by atoms with Crippen molar-refractivity contribution in [1.82, 2.24) is 20.5 Å². The molecular formula is C13H18N4OS. The Morgan fingerprint density at radius 1 is 1.42 bits per heavy atom. The number of hydrogen-bond donors (Lipinski definition) is 2. The molecule has 2 rings (SSSR count). The first-order valence-corrected chi connectivity index (χ1v) is 7.20. The van der Waals surface area contributed by atoms with Gasteiger partial charge in [0.25, 0.3) is 0 Å². The second-order valence-electron chi connectivity index (χ2n) is 3.91. The van der Waals surface area contributed by atoms with Crippen molar-refractivity contribution in [1.29, 1.82) is 0 Å². The van der Waals surface area contributed by atoms with Crippen molar-refractivity contribution in [2.45, 2.75) is 18.1 Å². The SMILES string of the molecule is CCOc1ccccc1C(CSc1ncn[nH]1)NC. The predicted octanol–water partition coefficient (Wildman–Crippen LogP) is 2.26. The fraction of sp³-hybridized carbons (Fsp3) is 0.385. The van der Waals surface area contributed by atoms with Gasteiger partial charge in [-0.15, -0.1) is 0 Å². The highest BCUT2D eigenvalue weighted by Gasteiger charge is 2.15. The van der Waals surface area contributed by atoms with Gasteiger partial charge in [-0.2, -0.15) is 5.10 Å². The Morgan fingerprint density at radius 2 is 2.26 bits per heavy atom. The molecule has 0 radical (unpaired) electrons. The lowest BCUT2D eigenvalue weighted by Gasteiger charge is -2.19. The molecule has 2 aromatic rings. The van der Waals surface area contributed by atoms with E-state index in [1.54, 1.807) is 11.8 Å². The molecule has 5 nitrogen and oxygen atoms in total. The molecule has 19 heavy (non-hydrogen) atoms. The second-order valence-corrected chi connectivity index (χ2v) is 4.92. The first-order chi connectivity index (χ1) is 9.35. The van der Waals surface area contributed by atoms with Crippen LogP contribution < -0.4 is 10.1 Å². The van der Waals surface area contributed by atoms with Crippen LogP contribution in [0.25, 0.3) is 0 Å². The number of ether oxygens (including phenoxy) is 1. The van der Waals surface area contributed by atoms with Crippen LogP contribution in [0.5, 0.6) is 5.75 Å². The Hall–Kier alpha value is -1.53. The van der Waals surface area contributed by atoms with Gasteiger partial charge >= 0.3 is 0 Å². The minimum atomic E-state index is 0.206. The number of hydrogen-bond acceptors (Lipinski definition) is 5. The standard InChI is InChI=1S/C13H18N4OS/c1-3-18-12-7-5-4-6-10(12)11(14-2)8-19-13-15-9-16-17-13/h4-7,9,11,14H,3,8H2,1-2H3,(H,15,16,17). The van der Waals surface area contributed by atoms with E-state index in [2.05, 4.69) is 26.6 Å². The highest BCUT2D eigenvalue weighted by molar-refractivity contribution is 7.99. The van der Waals surface area contributed by atoms with Crippen molar-refractivity contribution in [3.63, 3.8) is 0 Å². The van der Waals surface area contributed by atoms with Gasteiger partial charge in [-0.1, -0.05) is 30.0 Å². The van der Waals surface area contributed by atoms with Gasteiger partial charge in [0.1, 0.15) is 12.1 Å². The third-order valence-electron chi connectivity index (χ3n) is 2.72. The predicted molar refractivity (Wildman–Crippen MR) is 76.5 cm³/mol. The van der Waals surface area contributed by atoms with E-state index in [-0.39, 0.29) is 6.04 Å². The smallest absolute Gasteiger partial charge is 0.183 e. The molecule has 0 fully saturated rings. The Morgan fingerprint density at radius 3 is 2.95 bits per heavy atom. The average molecular weight is 278 g/mol. The Balaban J connectivity index is 2.08. The van der Waals surface area contributed by atoms with Gasteiger partial charge in [0.05, 0.1) is 6.61 Å². The maximum absolute atomic E-state index is 5.67. The van der Waals surface area contributed by atoms with Gasteiger partial charge in [-0.3, -0.25) is 5.10 Å². The number of benzene rings is 1. The van der Waals surface area contributed by atoms with E-state index >= 15 is 0 Å². The number of para-hydroxylation sites is 1. The second kappa shape index (κ2) is 7.16. The van der Waals surface area contributed by atoms with Crippen LogP contribution >= 0.6 is 11.8 Å². The molecule has 0 aliphatic carbocycles. The monoisotopic (exact) mass is 278 g/mol. The molecule has 0 saturated carbocycles. The molecule has 0 spiro atoms. The minimum absolute atomic E-state index is 0.206. The molecule has 1 aromatic heterocycles. The summed E-state index contributed by atoms with van der Waals surface area (Å²) in [4.78, 5) is 4.11. The third kappa shape index (κ3) is 3.71. The fourth-order valence-corrected chi connectivity index (χ4v) is 2.72. The summed E-state index contributed by atoms with van der Waals surface area (Å²) in [5.74, 6) is 1.79. The summed E-state index contributed by atoms with van der Waals surface area (Å²) < 4.78 is 5.67. The van der Waals surface area contributed by atoms with Crippen LogP contribution in [0.3, 0.4) is 0 Å². The van der Waals surface area contributed by atoms with Crippen LogP contribution in [0.2, 0.25) is 0 Å². The molecule has 1 atom stereocenters. The molecule has 2 N–H and O–H groups in total. The molecule has 1 unspecified atom stereocenters. The number of nitrogens with one attached hydrogen (secondary N) is 2. The maximum atomic E-state index is 5.67. The highest BCUT2D eigenvalue weighted by Crippen LogP contribution is 2.28. The number of aromatic nitrogens is 3. The average Bonchev–Trinajstić information content (AvgIpc) is 2.95. The van der Waals surface area contributed by atoms with Gasteiger partial charge in [-0.05, 0) is 20.0 Å². The first kappa shape index (κ1) is 13.9. The minimum Gasteiger partial charge on any atom is -0.494 e. The van der Waals surface area contributed by atoms with Crippen LogP contribution in [-0.4, -0.2) is 34.6 Å². The Kier molecular flexibility index (Phi) is 5.23. The summed E-state index contributed by atoms with van der Waals surface area (Å²) in [6.07, 6.45) is 1.52. The highest BCUT2D eigenvalue weighted by atomic mass is 32.2. The summed E-state index contributed by atoms with van der Waals surface area (Å²) in [5, 5.41) is 10.8. The van der Waals surface area contributed by atoms with E-state index in [9.17, 15) is 0 Å². The third-order valence-corrected chi connectivity index (χ3v) is 3.69. The van der Waals surface area contributed by atoms with E-state index in [1.165, 1.54) is 11.9 Å². The summed E-state index contributed by atoms with van der Waals surface area (Å²) in [7, 11) is 1.95. The lowest BCUT2D eigenvalue weighted by molar-refractivity contribution is 0.333. The molecule has 0 aliphatic rings. The van der Waals surface area contributed by atoms with Crippen molar-refractivity contribution < 1.29 is 4.74 Å². The largest absolute Gasteiger partial charge is 0.494 e. The van der Waals surface area contributed by atoms with Crippen LogP contribution in [0.15, 0.2) is 35.7 Å². The molecule has 0 amide bonds. The summed E-state index contributed by atoms with van der Waals surface area (Å²) >= 11 is 1.63. The van der Waals surface area contributed by atoms with Gasteiger partial charge in [0, 0.05) is 17.4 Å². The van der Waals surface area contributed by atoms with Crippen molar-refractivity contribution in [3.05, 3.63) is 36.2 Å². The van der Waals surface area contributed by atoms with Gasteiger partial charge < -0.3 is 10.1 Å². The van der Waals surface area contributed by atoms with Crippen LogP contribution in [-0.2, 0) is 0 Å². The topological polar surface area (TPSA) is 62.8 Å². The molecular weight excluding hydrogens is 260 g/mol. The van der Waals surface area contributed by atoms with E-state index in [0.29, 0.717) is 6.61 Å². The zero-order chi connectivity index (χ0) is 13.5. The lowest BCUT2D eigenvalue weighted by Crippen LogP contribution is -2.19. The van der Waals surface area contributed by atoms with Crippen LogP contribution in [0.4, 0.5) is 0 Å². The fourth-order valence-electron chi connectivity index (χ4n) is 1.81.